The number of carboxylic acids is 1. The normalized spacial score (nSPS) is 10.1. The van der Waals surface area contributed by atoms with Gasteiger partial charge in [-0.1, -0.05) is 12.1 Å². The fourth-order valence-corrected chi connectivity index (χ4v) is 1.53. The second-order valence-electron chi connectivity index (χ2n) is 3.70. The van der Waals surface area contributed by atoms with Crippen LogP contribution in [-0.2, 0) is 0 Å². The maximum atomic E-state index is 11.0. The molecule has 2 rings (SSSR count). The smallest absolute Gasteiger partial charge is 0.345 e. The number of aromatic amines is 1. The molecule has 18 heavy (non-hydrogen) atoms. The minimum absolute atomic E-state index is 0.156. The summed E-state index contributed by atoms with van der Waals surface area (Å²) in [6.45, 7) is 1.70. The third-order valence-corrected chi connectivity index (χ3v) is 2.44. The third-order valence-electron chi connectivity index (χ3n) is 2.44. The number of rotatable bonds is 3. The monoisotopic (exact) mass is 245 g/mol. The van der Waals surface area contributed by atoms with Gasteiger partial charge in [-0.05, 0) is 19.1 Å². The summed E-state index contributed by atoms with van der Waals surface area (Å²) in [5, 5.41) is 12.0. The molecule has 0 radical (unpaired) electrons. The Bertz CT molecular complexity index is 649. The van der Waals surface area contributed by atoms with Crippen molar-refractivity contribution < 1.29 is 9.90 Å². The minimum Gasteiger partial charge on any atom is -0.478 e. The highest BCUT2D eigenvalue weighted by Gasteiger charge is 2.10. The average molecular weight is 245 g/mol. The predicted octanol–water partition coefficient (Wildman–Crippen LogP) is 1.52. The molecule has 0 aliphatic heterocycles. The molecule has 0 saturated carbocycles. The van der Waals surface area contributed by atoms with Crippen molar-refractivity contribution in [3.05, 3.63) is 52.2 Å². The molecule has 3 N–H and O–H groups in total. The van der Waals surface area contributed by atoms with E-state index in [1.165, 1.54) is 12.3 Å². The van der Waals surface area contributed by atoms with Crippen molar-refractivity contribution in [2.24, 2.45) is 0 Å². The van der Waals surface area contributed by atoms with Crippen molar-refractivity contribution in [1.29, 1.82) is 0 Å². The lowest BCUT2D eigenvalue weighted by atomic mass is 10.1. The summed E-state index contributed by atoms with van der Waals surface area (Å²) >= 11 is 0. The van der Waals surface area contributed by atoms with Gasteiger partial charge in [-0.15, -0.1) is 0 Å². The first-order valence-electron chi connectivity index (χ1n) is 5.23. The van der Waals surface area contributed by atoms with E-state index < -0.39 is 11.7 Å². The molecule has 1 heterocycles. The Morgan fingerprint density at radius 2 is 2.06 bits per heavy atom. The summed E-state index contributed by atoms with van der Waals surface area (Å²) in [4.78, 5) is 28.1. The van der Waals surface area contributed by atoms with Crippen molar-refractivity contribution >= 4 is 17.3 Å². The Labute approximate surface area is 102 Å². The quantitative estimate of drug-likeness (QED) is 0.762. The Morgan fingerprint density at radius 1 is 1.33 bits per heavy atom. The molecular weight excluding hydrogens is 234 g/mol. The van der Waals surface area contributed by atoms with Gasteiger partial charge in [0.2, 0.25) is 0 Å². The molecule has 0 spiro atoms. The minimum atomic E-state index is -1.02. The Hall–Kier alpha value is -2.63. The summed E-state index contributed by atoms with van der Waals surface area (Å²) in [6, 6.07) is 6.52. The van der Waals surface area contributed by atoms with Gasteiger partial charge in [0.05, 0.1) is 23.1 Å². The van der Waals surface area contributed by atoms with Crippen LogP contribution < -0.4 is 11.0 Å². The lowest BCUT2D eigenvalue weighted by molar-refractivity contribution is 0.0698. The maximum Gasteiger partial charge on any atom is 0.345 e. The zero-order valence-corrected chi connectivity index (χ0v) is 9.60. The van der Waals surface area contributed by atoms with Gasteiger partial charge in [0.15, 0.2) is 0 Å². The highest BCUT2D eigenvalue weighted by atomic mass is 16.4. The third kappa shape index (κ3) is 2.37. The number of carboxylic acid groups (broad SMARTS) is 1. The van der Waals surface area contributed by atoms with Crippen molar-refractivity contribution in [3.63, 3.8) is 0 Å². The van der Waals surface area contributed by atoms with Gasteiger partial charge < -0.3 is 15.4 Å². The Kier molecular flexibility index (Phi) is 3.09. The van der Waals surface area contributed by atoms with Gasteiger partial charge in [-0.2, -0.15) is 4.98 Å². The molecule has 6 heteroatoms. The highest BCUT2D eigenvalue weighted by Crippen LogP contribution is 2.21. The number of aromatic carboxylic acids is 1. The van der Waals surface area contributed by atoms with Crippen molar-refractivity contribution in [2.75, 3.05) is 5.32 Å². The summed E-state index contributed by atoms with van der Waals surface area (Å²) in [7, 11) is 0. The van der Waals surface area contributed by atoms with E-state index in [0.29, 0.717) is 17.1 Å². The molecule has 0 bridgehead atoms. The average Bonchev–Trinajstić information content (AvgIpc) is 2.33. The van der Waals surface area contributed by atoms with Crippen LogP contribution in [-0.4, -0.2) is 21.0 Å². The molecule has 0 unspecified atom stereocenters. The van der Waals surface area contributed by atoms with Gasteiger partial charge in [0.25, 0.3) is 0 Å². The number of anilines is 2. The van der Waals surface area contributed by atoms with Crippen molar-refractivity contribution in [2.45, 2.75) is 6.92 Å². The number of carbonyl (C=O) groups is 1. The van der Waals surface area contributed by atoms with Gasteiger partial charge in [0, 0.05) is 5.69 Å². The van der Waals surface area contributed by atoms with Crippen LogP contribution in [0.2, 0.25) is 0 Å². The molecule has 0 amide bonds. The van der Waals surface area contributed by atoms with Crippen LogP contribution in [0, 0.1) is 6.92 Å². The number of hydrogen-bond acceptors (Lipinski definition) is 4. The van der Waals surface area contributed by atoms with Gasteiger partial charge in [0.1, 0.15) is 0 Å². The topological polar surface area (TPSA) is 95.1 Å². The largest absolute Gasteiger partial charge is 0.478 e. The Balaban J connectivity index is 2.40. The lowest BCUT2D eigenvalue weighted by Gasteiger charge is -2.10. The number of H-pyrrole nitrogens is 1. The number of hydrogen-bond donors (Lipinski definition) is 3. The predicted molar refractivity (Wildman–Crippen MR) is 66.3 cm³/mol. The second-order valence-corrected chi connectivity index (χ2v) is 3.70. The molecule has 6 nitrogen and oxygen atoms in total. The zero-order valence-electron chi connectivity index (χ0n) is 9.60. The number of nitrogens with one attached hydrogen (secondary N) is 2. The molecule has 0 saturated heterocycles. The van der Waals surface area contributed by atoms with Crippen molar-refractivity contribution in [1.82, 2.24) is 9.97 Å². The summed E-state index contributed by atoms with van der Waals surface area (Å²) in [6.07, 6.45) is 1.37. The van der Waals surface area contributed by atoms with E-state index in [-0.39, 0.29) is 5.56 Å². The fourth-order valence-electron chi connectivity index (χ4n) is 1.53. The van der Waals surface area contributed by atoms with Crippen molar-refractivity contribution in [3.8, 4) is 0 Å². The summed E-state index contributed by atoms with van der Waals surface area (Å²) in [5.74, 6) is -1.02. The number of aryl methyl sites for hydroxylation is 1. The molecule has 2 aromatic rings. The van der Waals surface area contributed by atoms with Crippen LogP contribution in [0.4, 0.5) is 11.4 Å². The standard InChI is InChI=1S/C12H11N3O3/c1-7-10(6-13-12(18)14-7)15-9-5-3-2-4-8(9)11(16)17/h2-6,15H,1H3,(H,16,17)(H,13,14,18). The lowest BCUT2D eigenvalue weighted by Crippen LogP contribution is -2.13. The number of benzene rings is 1. The first kappa shape index (κ1) is 11.8. The van der Waals surface area contributed by atoms with Crippen LogP contribution in [0.1, 0.15) is 16.1 Å². The van der Waals surface area contributed by atoms with Crippen LogP contribution >= 0.6 is 0 Å². The molecule has 0 fully saturated rings. The SMILES string of the molecule is Cc1[nH]c(=O)ncc1Nc1ccccc1C(=O)O. The van der Waals surface area contributed by atoms with E-state index in [9.17, 15) is 9.59 Å². The summed E-state index contributed by atoms with van der Waals surface area (Å²) < 4.78 is 0. The molecule has 1 aromatic heterocycles. The van der Waals surface area contributed by atoms with Crippen LogP contribution in [0.5, 0.6) is 0 Å². The van der Waals surface area contributed by atoms with Crippen LogP contribution in [0.25, 0.3) is 0 Å². The zero-order chi connectivity index (χ0) is 13.1. The maximum absolute atomic E-state index is 11.0. The first-order valence-corrected chi connectivity index (χ1v) is 5.23. The molecule has 0 aliphatic carbocycles. The highest BCUT2D eigenvalue weighted by molar-refractivity contribution is 5.95. The van der Waals surface area contributed by atoms with E-state index in [1.807, 2.05) is 0 Å². The van der Waals surface area contributed by atoms with Crippen LogP contribution in [0.3, 0.4) is 0 Å². The van der Waals surface area contributed by atoms with E-state index in [1.54, 1.807) is 25.1 Å². The first-order chi connectivity index (χ1) is 8.58. The summed E-state index contributed by atoms with van der Waals surface area (Å²) in [5.41, 5.74) is 1.31. The van der Waals surface area contributed by atoms with Gasteiger partial charge in [-0.3, -0.25) is 0 Å². The van der Waals surface area contributed by atoms with Crippen LogP contribution in [0.15, 0.2) is 35.3 Å². The molecule has 92 valence electrons. The van der Waals surface area contributed by atoms with Gasteiger partial charge >= 0.3 is 11.7 Å². The fraction of sp³-hybridized carbons (Fsp3) is 0.0833. The number of aromatic nitrogens is 2. The number of para-hydroxylation sites is 1. The number of nitrogens with zero attached hydrogens (tertiary/aromatic N) is 1. The molecule has 1 aromatic carbocycles. The van der Waals surface area contributed by atoms with E-state index in [4.69, 9.17) is 5.11 Å². The van der Waals surface area contributed by atoms with E-state index >= 15 is 0 Å². The molecule has 0 atom stereocenters. The van der Waals surface area contributed by atoms with E-state index in [0.717, 1.165) is 0 Å². The van der Waals surface area contributed by atoms with Gasteiger partial charge in [-0.25, -0.2) is 9.59 Å². The Morgan fingerprint density at radius 3 is 2.72 bits per heavy atom. The molecular formula is C12H11N3O3. The van der Waals surface area contributed by atoms with E-state index in [2.05, 4.69) is 15.3 Å². The second kappa shape index (κ2) is 4.70. The molecule has 0 aliphatic rings.